The van der Waals surface area contributed by atoms with Gasteiger partial charge in [0.25, 0.3) is 0 Å². The molecular formula is C8H7Cl3. The van der Waals surface area contributed by atoms with Crippen LogP contribution in [0.2, 0.25) is 5.02 Å². The predicted octanol–water partition coefficient (Wildman–Crippen LogP) is 3.82. The van der Waals surface area contributed by atoms with Gasteiger partial charge in [-0.2, -0.15) is 0 Å². The van der Waals surface area contributed by atoms with Gasteiger partial charge in [-0.25, -0.2) is 0 Å². The predicted molar refractivity (Wildman–Crippen MR) is 50.6 cm³/mol. The molecule has 0 aliphatic carbocycles. The maximum atomic E-state index is 5.83. The fourth-order valence-electron chi connectivity index (χ4n) is 0.814. The summed E-state index contributed by atoms with van der Waals surface area (Å²) in [6, 6.07) is 5.63. The molecule has 0 nitrogen and oxygen atoms in total. The summed E-state index contributed by atoms with van der Waals surface area (Å²) in [5.74, 6) is 0.935. The van der Waals surface area contributed by atoms with Crippen LogP contribution in [0.25, 0.3) is 0 Å². The van der Waals surface area contributed by atoms with Gasteiger partial charge in [0.1, 0.15) is 0 Å². The number of hydrogen-bond acceptors (Lipinski definition) is 0. The normalized spacial score (nSPS) is 10.1. The van der Waals surface area contributed by atoms with Crippen molar-refractivity contribution >= 4 is 34.8 Å². The number of rotatable bonds is 2. The maximum Gasteiger partial charge on any atom is 0.0488 e. The average Bonchev–Trinajstić information content (AvgIpc) is 2.05. The summed E-state index contributed by atoms with van der Waals surface area (Å²) in [4.78, 5) is 0. The van der Waals surface area contributed by atoms with E-state index in [0.29, 0.717) is 16.8 Å². The van der Waals surface area contributed by atoms with Crippen molar-refractivity contribution in [2.24, 2.45) is 0 Å². The zero-order chi connectivity index (χ0) is 8.27. The molecule has 0 N–H and O–H groups in total. The molecule has 1 aromatic rings. The van der Waals surface area contributed by atoms with Crippen molar-refractivity contribution in [1.82, 2.24) is 0 Å². The Bertz CT molecular complexity index is 245. The van der Waals surface area contributed by atoms with E-state index >= 15 is 0 Å². The summed E-state index contributed by atoms with van der Waals surface area (Å²) < 4.78 is 0. The quantitative estimate of drug-likeness (QED) is 0.650. The van der Waals surface area contributed by atoms with E-state index in [1.165, 1.54) is 0 Å². The molecule has 0 saturated heterocycles. The zero-order valence-corrected chi connectivity index (χ0v) is 8.05. The summed E-state index contributed by atoms with van der Waals surface area (Å²) in [5, 5.41) is 0.703. The van der Waals surface area contributed by atoms with Gasteiger partial charge >= 0.3 is 0 Å². The summed E-state index contributed by atoms with van der Waals surface area (Å²) in [6.07, 6.45) is 0. The standard InChI is InChI=1S/C8H7Cl3/c9-4-6-1-2-8(11)7(3-6)5-10/h1-3H,4-5H2. The van der Waals surface area contributed by atoms with Gasteiger partial charge in [-0.05, 0) is 17.2 Å². The van der Waals surface area contributed by atoms with E-state index in [1.807, 2.05) is 18.2 Å². The maximum absolute atomic E-state index is 5.83. The Hall–Kier alpha value is 0.0900. The van der Waals surface area contributed by atoms with E-state index in [1.54, 1.807) is 0 Å². The number of hydrogen-bond donors (Lipinski definition) is 0. The van der Waals surface area contributed by atoms with Crippen LogP contribution in [0.5, 0.6) is 0 Å². The lowest BCUT2D eigenvalue weighted by Crippen LogP contribution is -1.83. The summed E-state index contributed by atoms with van der Waals surface area (Å²) in [5.41, 5.74) is 1.98. The lowest BCUT2D eigenvalue weighted by Gasteiger charge is -2.01. The van der Waals surface area contributed by atoms with Crippen LogP contribution < -0.4 is 0 Å². The molecule has 0 unspecified atom stereocenters. The van der Waals surface area contributed by atoms with E-state index in [0.717, 1.165) is 11.1 Å². The molecule has 0 saturated carbocycles. The van der Waals surface area contributed by atoms with Crippen molar-refractivity contribution in [3.05, 3.63) is 34.3 Å². The molecule has 0 fully saturated rings. The topological polar surface area (TPSA) is 0 Å². The fraction of sp³-hybridized carbons (Fsp3) is 0.250. The van der Waals surface area contributed by atoms with Gasteiger partial charge in [0, 0.05) is 16.8 Å². The molecule has 0 radical (unpaired) electrons. The molecule has 0 aromatic heterocycles. The highest BCUT2D eigenvalue weighted by molar-refractivity contribution is 6.32. The third-order valence-corrected chi connectivity index (χ3v) is 2.37. The molecule has 3 heteroatoms. The third kappa shape index (κ3) is 2.26. The monoisotopic (exact) mass is 208 g/mol. The zero-order valence-electron chi connectivity index (χ0n) is 5.78. The van der Waals surface area contributed by atoms with Gasteiger partial charge in [0.2, 0.25) is 0 Å². The summed E-state index contributed by atoms with van der Waals surface area (Å²) >= 11 is 17.1. The first-order chi connectivity index (χ1) is 5.27. The van der Waals surface area contributed by atoms with Gasteiger partial charge in [-0.3, -0.25) is 0 Å². The third-order valence-electron chi connectivity index (χ3n) is 1.41. The van der Waals surface area contributed by atoms with Gasteiger partial charge in [-0.15, -0.1) is 23.2 Å². The van der Waals surface area contributed by atoms with E-state index < -0.39 is 0 Å². The van der Waals surface area contributed by atoms with Crippen LogP contribution in [0.15, 0.2) is 18.2 Å². The minimum absolute atomic E-state index is 0.434. The Kier molecular flexibility index (Phi) is 3.50. The minimum atomic E-state index is 0.434. The smallest absolute Gasteiger partial charge is 0.0488 e. The molecule has 0 atom stereocenters. The SMILES string of the molecule is ClCc1ccc(Cl)c(CCl)c1. The van der Waals surface area contributed by atoms with Crippen LogP contribution in [0.4, 0.5) is 0 Å². The van der Waals surface area contributed by atoms with Crippen molar-refractivity contribution in [1.29, 1.82) is 0 Å². The second-order valence-corrected chi connectivity index (χ2v) is 3.13. The molecule has 0 aliphatic heterocycles. The van der Waals surface area contributed by atoms with E-state index in [2.05, 4.69) is 0 Å². The van der Waals surface area contributed by atoms with E-state index in [4.69, 9.17) is 34.8 Å². The van der Waals surface area contributed by atoms with Crippen LogP contribution >= 0.6 is 34.8 Å². The summed E-state index contributed by atoms with van der Waals surface area (Å²) in [6.45, 7) is 0. The molecule has 0 spiro atoms. The fourth-order valence-corrected chi connectivity index (χ4v) is 1.45. The van der Waals surface area contributed by atoms with Crippen molar-refractivity contribution < 1.29 is 0 Å². The van der Waals surface area contributed by atoms with Crippen molar-refractivity contribution in [3.63, 3.8) is 0 Å². The first-order valence-corrected chi connectivity index (χ1v) is 4.62. The first kappa shape index (κ1) is 9.18. The highest BCUT2D eigenvalue weighted by Crippen LogP contribution is 2.20. The van der Waals surface area contributed by atoms with Crippen LogP contribution in [0.3, 0.4) is 0 Å². The average molecular weight is 210 g/mol. The van der Waals surface area contributed by atoms with Crippen LogP contribution in [0, 0.1) is 0 Å². The second-order valence-electron chi connectivity index (χ2n) is 2.19. The van der Waals surface area contributed by atoms with E-state index in [-0.39, 0.29) is 0 Å². The minimum Gasteiger partial charge on any atom is -0.122 e. The Labute approximate surface area is 81.1 Å². The largest absolute Gasteiger partial charge is 0.122 e. The molecule has 11 heavy (non-hydrogen) atoms. The number of halogens is 3. The Morgan fingerprint density at radius 3 is 2.36 bits per heavy atom. The number of alkyl halides is 2. The van der Waals surface area contributed by atoms with Crippen LogP contribution in [-0.2, 0) is 11.8 Å². The molecule has 0 aliphatic rings. The molecule has 0 amide bonds. The Morgan fingerprint density at radius 2 is 1.82 bits per heavy atom. The Balaban J connectivity index is 3.02. The van der Waals surface area contributed by atoms with Crippen LogP contribution in [-0.4, -0.2) is 0 Å². The molecule has 1 rings (SSSR count). The van der Waals surface area contributed by atoms with Crippen molar-refractivity contribution in [2.75, 3.05) is 0 Å². The van der Waals surface area contributed by atoms with Gasteiger partial charge in [0.05, 0.1) is 0 Å². The highest BCUT2D eigenvalue weighted by Gasteiger charge is 1.99. The summed E-state index contributed by atoms with van der Waals surface area (Å²) in [7, 11) is 0. The molecule has 0 heterocycles. The Morgan fingerprint density at radius 1 is 1.09 bits per heavy atom. The highest BCUT2D eigenvalue weighted by atomic mass is 35.5. The molecule has 60 valence electrons. The molecular weight excluding hydrogens is 202 g/mol. The lowest BCUT2D eigenvalue weighted by molar-refractivity contribution is 1.32. The molecule has 0 bridgehead atoms. The van der Waals surface area contributed by atoms with Gasteiger partial charge < -0.3 is 0 Å². The molecule has 1 aromatic carbocycles. The lowest BCUT2D eigenvalue weighted by atomic mass is 10.2. The van der Waals surface area contributed by atoms with Crippen molar-refractivity contribution in [2.45, 2.75) is 11.8 Å². The van der Waals surface area contributed by atoms with Gasteiger partial charge in [0.15, 0.2) is 0 Å². The van der Waals surface area contributed by atoms with E-state index in [9.17, 15) is 0 Å². The number of benzene rings is 1. The van der Waals surface area contributed by atoms with Crippen molar-refractivity contribution in [3.8, 4) is 0 Å². The second kappa shape index (κ2) is 4.20. The van der Waals surface area contributed by atoms with Gasteiger partial charge in [-0.1, -0.05) is 23.7 Å². The first-order valence-electron chi connectivity index (χ1n) is 3.17. The van der Waals surface area contributed by atoms with Crippen LogP contribution in [0.1, 0.15) is 11.1 Å².